The van der Waals surface area contributed by atoms with Crippen LogP contribution in [0.1, 0.15) is 16.1 Å². The van der Waals surface area contributed by atoms with E-state index in [1.165, 1.54) is 28.8 Å². The molecule has 1 aliphatic rings. The van der Waals surface area contributed by atoms with Gasteiger partial charge < -0.3 is 9.88 Å². The Labute approximate surface area is 165 Å². The summed E-state index contributed by atoms with van der Waals surface area (Å²) in [4.78, 5) is 17.1. The molecule has 1 amide bonds. The number of nitrogens with zero attached hydrogens (tertiary/aromatic N) is 2. The van der Waals surface area contributed by atoms with Crippen molar-refractivity contribution < 1.29 is 17.6 Å². The van der Waals surface area contributed by atoms with Gasteiger partial charge in [0.05, 0.1) is 5.75 Å². The van der Waals surface area contributed by atoms with E-state index in [0.717, 1.165) is 5.56 Å². The van der Waals surface area contributed by atoms with Crippen LogP contribution in [0.4, 0.5) is 4.39 Å². The monoisotopic (exact) mass is 419 g/mol. The van der Waals surface area contributed by atoms with E-state index < -0.39 is 21.6 Å². The van der Waals surface area contributed by atoms with Crippen molar-refractivity contribution in [3.05, 3.63) is 70.6 Å². The zero-order chi connectivity index (χ0) is 19.9. The molecule has 6 nitrogen and oxygen atoms in total. The summed E-state index contributed by atoms with van der Waals surface area (Å²) < 4.78 is 39.2. The first kappa shape index (κ1) is 18.6. The third-order valence-electron chi connectivity index (χ3n) is 4.47. The Morgan fingerprint density at radius 1 is 1.21 bits per heavy atom. The summed E-state index contributed by atoms with van der Waals surface area (Å²) >= 11 is 5.96. The van der Waals surface area contributed by atoms with Gasteiger partial charge in [0.15, 0.2) is 0 Å². The number of benzene rings is 2. The van der Waals surface area contributed by atoms with Gasteiger partial charge in [-0.05, 0) is 42.0 Å². The Bertz CT molecular complexity index is 1170. The van der Waals surface area contributed by atoms with Crippen LogP contribution in [0.15, 0.2) is 53.7 Å². The quantitative estimate of drug-likeness (QED) is 0.704. The molecule has 2 aromatic carbocycles. The van der Waals surface area contributed by atoms with E-state index in [4.69, 9.17) is 11.6 Å². The van der Waals surface area contributed by atoms with E-state index in [1.54, 1.807) is 18.2 Å². The number of amides is 1. The SMILES string of the molecule is O=C(NCc1cccc(Cl)c1)c1c(-c2ccc(F)cc2)nc2n1CCS2(=O)=O. The van der Waals surface area contributed by atoms with Gasteiger partial charge >= 0.3 is 0 Å². The van der Waals surface area contributed by atoms with Crippen molar-refractivity contribution in [1.29, 1.82) is 0 Å². The van der Waals surface area contributed by atoms with Gasteiger partial charge in [0.25, 0.3) is 5.91 Å². The Morgan fingerprint density at radius 2 is 1.96 bits per heavy atom. The minimum atomic E-state index is -3.55. The van der Waals surface area contributed by atoms with Gasteiger partial charge in [0.1, 0.15) is 17.2 Å². The molecule has 28 heavy (non-hydrogen) atoms. The number of hydrogen-bond acceptors (Lipinski definition) is 4. The Hall–Kier alpha value is -2.71. The van der Waals surface area contributed by atoms with Crippen molar-refractivity contribution in [3.8, 4) is 11.3 Å². The van der Waals surface area contributed by atoms with E-state index in [0.29, 0.717) is 10.6 Å². The first-order valence-electron chi connectivity index (χ1n) is 8.47. The molecule has 0 fully saturated rings. The molecule has 1 aliphatic heterocycles. The lowest BCUT2D eigenvalue weighted by molar-refractivity contribution is 0.0942. The number of imidazole rings is 1. The number of carbonyl (C=O) groups excluding carboxylic acids is 1. The van der Waals surface area contributed by atoms with E-state index in [2.05, 4.69) is 10.3 Å². The molecule has 144 valence electrons. The highest BCUT2D eigenvalue weighted by Gasteiger charge is 2.35. The molecule has 0 saturated carbocycles. The maximum absolute atomic E-state index is 13.3. The first-order valence-corrected chi connectivity index (χ1v) is 10.5. The molecular weight excluding hydrogens is 405 g/mol. The van der Waals surface area contributed by atoms with Gasteiger partial charge in [-0.3, -0.25) is 4.79 Å². The minimum absolute atomic E-state index is 0.104. The van der Waals surface area contributed by atoms with Crippen molar-refractivity contribution in [1.82, 2.24) is 14.9 Å². The number of sulfone groups is 1. The average Bonchev–Trinajstić information content (AvgIpc) is 3.18. The fourth-order valence-corrected chi connectivity index (χ4v) is 4.70. The Morgan fingerprint density at radius 3 is 2.68 bits per heavy atom. The molecule has 3 aromatic rings. The molecule has 0 spiro atoms. The molecule has 0 atom stereocenters. The smallest absolute Gasteiger partial charge is 0.270 e. The Balaban J connectivity index is 1.72. The third-order valence-corrected chi connectivity index (χ3v) is 6.29. The maximum atomic E-state index is 13.3. The lowest BCUT2D eigenvalue weighted by Crippen LogP contribution is -2.26. The second-order valence-corrected chi connectivity index (χ2v) is 8.82. The average molecular weight is 420 g/mol. The van der Waals surface area contributed by atoms with Crippen LogP contribution in [0.25, 0.3) is 11.3 Å². The molecule has 0 unspecified atom stereocenters. The molecule has 1 N–H and O–H groups in total. The van der Waals surface area contributed by atoms with Gasteiger partial charge in [0.2, 0.25) is 15.0 Å². The summed E-state index contributed by atoms with van der Waals surface area (Å²) in [5.74, 6) is -1.00. The predicted octanol–water partition coefficient (Wildman–Crippen LogP) is 3.06. The van der Waals surface area contributed by atoms with Crippen LogP contribution in [0, 0.1) is 5.82 Å². The van der Waals surface area contributed by atoms with Crippen LogP contribution in [0.3, 0.4) is 0 Å². The number of halogens is 2. The molecule has 0 radical (unpaired) electrons. The molecule has 0 saturated heterocycles. The van der Waals surface area contributed by atoms with Crippen molar-refractivity contribution in [2.75, 3.05) is 5.75 Å². The summed E-state index contributed by atoms with van der Waals surface area (Å²) in [5, 5.41) is 3.19. The Kier molecular flexibility index (Phi) is 4.68. The summed E-state index contributed by atoms with van der Waals surface area (Å²) in [6.45, 7) is 0.362. The van der Waals surface area contributed by atoms with E-state index in [9.17, 15) is 17.6 Å². The number of carbonyl (C=O) groups is 1. The third kappa shape index (κ3) is 3.41. The predicted molar refractivity (Wildman–Crippen MR) is 102 cm³/mol. The molecule has 9 heteroatoms. The van der Waals surface area contributed by atoms with Crippen LogP contribution in [-0.2, 0) is 22.9 Å². The minimum Gasteiger partial charge on any atom is -0.347 e. The topological polar surface area (TPSA) is 81.1 Å². The van der Waals surface area contributed by atoms with Gasteiger partial charge in [-0.15, -0.1) is 0 Å². The maximum Gasteiger partial charge on any atom is 0.270 e. The molecule has 4 rings (SSSR count). The molecule has 0 aliphatic carbocycles. The fourth-order valence-electron chi connectivity index (χ4n) is 3.13. The zero-order valence-electron chi connectivity index (χ0n) is 14.5. The summed E-state index contributed by atoms with van der Waals surface area (Å²) in [6.07, 6.45) is 0. The van der Waals surface area contributed by atoms with Gasteiger partial charge in [0, 0.05) is 23.7 Å². The van der Waals surface area contributed by atoms with Gasteiger partial charge in [-0.1, -0.05) is 23.7 Å². The van der Waals surface area contributed by atoms with Crippen molar-refractivity contribution in [2.24, 2.45) is 0 Å². The van der Waals surface area contributed by atoms with Crippen LogP contribution in [-0.4, -0.2) is 29.6 Å². The molecular formula is C19H15ClFN3O3S. The highest BCUT2D eigenvalue weighted by Crippen LogP contribution is 2.30. The number of nitrogens with one attached hydrogen (secondary N) is 1. The highest BCUT2D eigenvalue weighted by atomic mass is 35.5. The molecule has 1 aromatic heterocycles. The molecule has 0 bridgehead atoms. The zero-order valence-corrected chi connectivity index (χ0v) is 16.1. The van der Waals surface area contributed by atoms with Gasteiger partial charge in [-0.2, -0.15) is 0 Å². The van der Waals surface area contributed by atoms with Crippen molar-refractivity contribution >= 4 is 27.3 Å². The number of aromatic nitrogens is 2. The second kappa shape index (κ2) is 7.03. The lowest BCUT2D eigenvalue weighted by atomic mass is 10.1. The number of hydrogen-bond donors (Lipinski definition) is 1. The molecule has 2 heterocycles. The van der Waals surface area contributed by atoms with E-state index in [-0.39, 0.29) is 35.4 Å². The summed E-state index contributed by atoms with van der Waals surface area (Å²) in [6, 6.07) is 12.5. The summed E-state index contributed by atoms with van der Waals surface area (Å²) in [5.41, 5.74) is 1.62. The number of rotatable bonds is 4. The largest absolute Gasteiger partial charge is 0.347 e. The second-order valence-electron chi connectivity index (χ2n) is 6.38. The van der Waals surface area contributed by atoms with Crippen LogP contribution < -0.4 is 5.32 Å². The standard InChI is InChI=1S/C19H15ClFN3O3S/c20-14-3-1-2-12(10-14)11-22-18(25)17-16(13-4-6-15(21)7-5-13)23-19-24(17)8-9-28(19,26)27/h1-7,10H,8-9,11H2,(H,22,25). The lowest BCUT2D eigenvalue weighted by Gasteiger charge is -2.09. The van der Waals surface area contributed by atoms with Crippen molar-refractivity contribution in [3.63, 3.8) is 0 Å². The normalized spacial score (nSPS) is 14.6. The number of fused-ring (bicyclic) bond motifs is 1. The van der Waals surface area contributed by atoms with Gasteiger partial charge in [-0.25, -0.2) is 17.8 Å². The van der Waals surface area contributed by atoms with E-state index >= 15 is 0 Å². The van der Waals surface area contributed by atoms with Crippen LogP contribution in [0.2, 0.25) is 5.02 Å². The van der Waals surface area contributed by atoms with Crippen LogP contribution >= 0.6 is 11.6 Å². The first-order chi connectivity index (χ1) is 13.3. The summed E-state index contributed by atoms with van der Waals surface area (Å²) in [7, 11) is -3.55. The van der Waals surface area contributed by atoms with E-state index in [1.807, 2.05) is 6.07 Å². The highest BCUT2D eigenvalue weighted by molar-refractivity contribution is 7.91. The van der Waals surface area contributed by atoms with Crippen molar-refractivity contribution in [2.45, 2.75) is 18.2 Å². The fraction of sp³-hybridized carbons (Fsp3) is 0.158. The van der Waals surface area contributed by atoms with Crippen LogP contribution in [0.5, 0.6) is 0 Å².